The molecular formula is C14H19NO3S. The van der Waals surface area contributed by atoms with E-state index in [-0.39, 0.29) is 12.3 Å². The van der Waals surface area contributed by atoms with E-state index < -0.39 is 11.5 Å². The van der Waals surface area contributed by atoms with Crippen LogP contribution in [-0.2, 0) is 16.0 Å². The maximum absolute atomic E-state index is 12.0. The van der Waals surface area contributed by atoms with Crippen molar-refractivity contribution in [3.05, 3.63) is 22.4 Å². The van der Waals surface area contributed by atoms with Crippen LogP contribution in [0.25, 0.3) is 0 Å². The third-order valence-electron chi connectivity index (χ3n) is 3.73. The van der Waals surface area contributed by atoms with Crippen molar-refractivity contribution in [2.24, 2.45) is 5.92 Å². The Hall–Kier alpha value is -1.36. The zero-order valence-electron chi connectivity index (χ0n) is 11.0. The number of amides is 1. The summed E-state index contributed by atoms with van der Waals surface area (Å²) in [6, 6.07) is 1.89. The van der Waals surface area contributed by atoms with E-state index in [2.05, 4.69) is 5.32 Å². The van der Waals surface area contributed by atoms with Crippen molar-refractivity contribution >= 4 is 23.2 Å². The number of hydrogen-bond acceptors (Lipinski definition) is 3. The van der Waals surface area contributed by atoms with Gasteiger partial charge in [-0.25, -0.2) is 4.79 Å². The Morgan fingerprint density at radius 1 is 1.58 bits per heavy atom. The van der Waals surface area contributed by atoms with Crippen LogP contribution >= 0.6 is 11.3 Å². The van der Waals surface area contributed by atoms with Crippen LogP contribution in [0, 0.1) is 5.92 Å². The molecule has 1 aliphatic rings. The lowest BCUT2D eigenvalue weighted by Crippen LogP contribution is -2.57. The Balaban J connectivity index is 2.04. The Labute approximate surface area is 116 Å². The first-order valence-electron chi connectivity index (χ1n) is 6.57. The number of carbonyl (C=O) groups is 2. The predicted molar refractivity (Wildman–Crippen MR) is 74.2 cm³/mol. The average molecular weight is 281 g/mol. The molecule has 0 bridgehead atoms. The molecule has 2 N–H and O–H groups in total. The van der Waals surface area contributed by atoms with Crippen LogP contribution in [0.1, 0.15) is 38.2 Å². The number of hydrogen-bond donors (Lipinski definition) is 2. The van der Waals surface area contributed by atoms with Gasteiger partial charge >= 0.3 is 5.97 Å². The van der Waals surface area contributed by atoms with Gasteiger partial charge in [0, 0.05) is 0 Å². The zero-order chi connectivity index (χ0) is 13.9. The Morgan fingerprint density at radius 3 is 2.95 bits per heavy atom. The van der Waals surface area contributed by atoms with Gasteiger partial charge in [0.25, 0.3) is 0 Å². The Kier molecular flexibility index (Phi) is 4.24. The van der Waals surface area contributed by atoms with Gasteiger partial charge in [-0.15, -0.1) is 0 Å². The van der Waals surface area contributed by atoms with Gasteiger partial charge in [0.2, 0.25) is 5.91 Å². The molecule has 0 radical (unpaired) electrons. The van der Waals surface area contributed by atoms with Crippen LogP contribution in [-0.4, -0.2) is 22.5 Å². The van der Waals surface area contributed by atoms with Crippen molar-refractivity contribution in [3.8, 4) is 0 Å². The van der Waals surface area contributed by atoms with Crippen LogP contribution in [0.3, 0.4) is 0 Å². The summed E-state index contributed by atoms with van der Waals surface area (Å²) < 4.78 is 0. The number of nitrogens with one attached hydrogen (secondary N) is 1. The number of carbonyl (C=O) groups excluding carboxylic acids is 1. The molecule has 2 rings (SSSR count). The molecule has 0 saturated heterocycles. The zero-order valence-corrected chi connectivity index (χ0v) is 11.8. The van der Waals surface area contributed by atoms with Crippen LogP contribution in [0.2, 0.25) is 0 Å². The van der Waals surface area contributed by atoms with Crippen LogP contribution < -0.4 is 5.32 Å². The minimum absolute atomic E-state index is 0.199. The van der Waals surface area contributed by atoms with E-state index in [0.717, 1.165) is 18.4 Å². The summed E-state index contributed by atoms with van der Waals surface area (Å²) in [5, 5.41) is 16.1. The topological polar surface area (TPSA) is 66.4 Å². The van der Waals surface area contributed by atoms with Crippen LogP contribution in [0.15, 0.2) is 16.8 Å². The van der Waals surface area contributed by atoms with E-state index in [1.807, 2.05) is 23.8 Å². The van der Waals surface area contributed by atoms with Gasteiger partial charge < -0.3 is 10.4 Å². The molecule has 0 spiro atoms. The molecule has 2 atom stereocenters. The van der Waals surface area contributed by atoms with Gasteiger partial charge in [-0.3, -0.25) is 4.79 Å². The van der Waals surface area contributed by atoms with Gasteiger partial charge in [0.15, 0.2) is 0 Å². The molecule has 19 heavy (non-hydrogen) atoms. The lowest BCUT2D eigenvalue weighted by Gasteiger charge is -2.37. The molecule has 4 nitrogen and oxygen atoms in total. The first-order valence-corrected chi connectivity index (χ1v) is 7.51. The minimum atomic E-state index is -1.06. The van der Waals surface area contributed by atoms with Crippen molar-refractivity contribution < 1.29 is 14.7 Å². The molecule has 0 aromatic carbocycles. The number of thiophene rings is 1. The SMILES string of the molecule is CC1CCCC(NC(=O)Cc2ccsc2)(C(=O)O)C1. The van der Waals surface area contributed by atoms with Crippen molar-refractivity contribution in [1.82, 2.24) is 5.32 Å². The van der Waals surface area contributed by atoms with E-state index in [9.17, 15) is 14.7 Å². The highest BCUT2D eigenvalue weighted by atomic mass is 32.1. The molecule has 1 amide bonds. The molecule has 1 fully saturated rings. The van der Waals surface area contributed by atoms with Crippen molar-refractivity contribution in [3.63, 3.8) is 0 Å². The largest absolute Gasteiger partial charge is 0.480 e. The van der Waals surface area contributed by atoms with Gasteiger partial charge in [-0.05, 0) is 41.1 Å². The highest BCUT2D eigenvalue weighted by Crippen LogP contribution is 2.32. The lowest BCUT2D eigenvalue weighted by atomic mass is 9.76. The van der Waals surface area contributed by atoms with E-state index in [1.54, 1.807) is 0 Å². The second-order valence-electron chi connectivity index (χ2n) is 5.45. The number of aliphatic carboxylic acids is 1. The maximum atomic E-state index is 12.0. The Bertz CT molecular complexity index is 457. The molecular weight excluding hydrogens is 262 g/mol. The molecule has 1 aromatic heterocycles. The van der Waals surface area contributed by atoms with Gasteiger partial charge in [-0.1, -0.05) is 19.8 Å². The van der Waals surface area contributed by atoms with Gasteiger partial charge in [0.05, 0.1) is 6.42 Å². The fourth-order valence-electron chi connectivity index (χ4n) is 2.80. The lowest BCUT2D eigenvalue weighted by molar-refractivity contribution is -0.150. The summed E-state index contributed by atoms with van der Waals surface area (Å²) in [6.45, 7) is 2.04. The summed E-state index contributed by atoms with van der Waals surface area (Å²) in [7, 11) is 0. The van der Waals surface area contributed by atoms with E-state index in [0.29, 0.717) is 18.8 Å². The second kappa shape index (κ2) is 5.74. The maximum Gasteiger partial charge on any atom is 0.329 e. The molecule has 1 aliphatic carbocycles. The van der Waals surface area contributed by atoms with Crippen molar-refractivity contribution in [2.75, 3.05) is 0 Å². The van der Waals surface area contributed by atoms with E-state index in [1.165, 1.54) is 11.3 Å². The highest BCUT2D eigenvalue weighted by molar-refractivity contribution is 7.07. The summed E-state index contributed by atoms with van der Waals surface area (Å²) in [6.07, 6.45) is 3.20. The fourth-order valence-corrected chi connectivity index (χ4v) is 3.47. The quantitative estimate of drug-likeness (QED) is 0.891. The fraction of sp³-hybridized carbons (Fsp3) is 0.571. The molecule has 5 heteroatoms. The molecule has 1 aromatic rings. The van der Waals surface area contributed by atoms with E-state index >= 15 is 0 Å². The number of carboxylic acids is 1. The summed E-state index contributed by atoms with van der Waals surface area (Å²) in [5.41, 5.74) is -0.128. The molecule has 2 unspecified atom stereocenters. The molecule has 104 valence electrons. The first kappa shape index (κ1) is 14.1. The van der Waals surface area contributed by atoms with Crippen LogP contribution in [0.5, 0.6) is 0 Å². The highest BCUT2D eigenvalue weighted by Gasteiger charge is 2.43. The van der Waals surface area contributed by atoms with E-state index in [4.69, 9.17) is 0 Å². The van der Waals surface area contributed by atoms with Gasteiger partial charge in [0.1, 0.15) is 5.54 Å². The van der Waals surface area contributed by atoms with Crippen LogP contribution in [0.4, 0.5) is 0 Å². The average Bonchev–Trinajstić information content (AvgIpc) is 2.81. The van der Waals surface area contributed by atoms with Gasteiger partial charge in [-0.2, -0.15) is 11.3 Å². The number of rotatable bonds is 4. The first-order chi connectivity index (χ1) is 9.02. The monoisotopic (exact) mass is 281 g/mol. The summed E-state index contributed by atoms with van der Waals surface area (Å²) >= 11 is 1.54. The Morgan fingerprint density at radius 2 is 2.37 bits per heavy atom. The smallest absolute Gasteiger partial charge is 0.329 e. The standard InChI is InChI=1S/C14H19NO3S/c1-10-3-2-5-14(8-10,13(17)18)15-12(16)7-11-4-6-19-9-11/h4,6,9-10H,2-3,5,7-8H2,1H3,(H,15,16)(H,17,18). The number of carboxylic acid groups (broad SMARTS) is 1. The van der Waals surface area contributed by atoms with Crippen molar-refractivity contribution in [1.29, 1.82) is 0 Å². The second-order valence-corrected chi connectivity index (χ2v) is 6.23. The normalized spacial score (nSPS) is 26.9. The minimum Gasteiger partial charge on any atom is -0.480 e. The molecule has 1 heterocycles. The third-order valence-corrected chi connectivity index (χ3v) is 4.46. The molecule has 0 aliphatic heterocycles. The summed E-state index contributed by atoms with van der Waals surface area (Å²) in [4.78, 5) is 23.6. The van der Waals surface area contributed by atoms with Crippen molar-refractivity contribution in [2.45, 2.75) is 44.6 Å². The third kappa shape index (κ3) is 3.35. The predicted octanol–water partition coefficient (Wildman–Crippen LogP) is 2.44. The molecule has 1 saturated carbocycles. The summed E-state index contributed by atoms with van der Waals surface area (Å²) in [5.74, 6) is -0.765.